The number of rotatable bonds is 7. The Labute approximate surface area is 91.5 Å². The molecule has 3 nitrogen and oxygen atoms in total. The summed E-state index contributed by atoms with van der Waals surface area (Å²) in [5, 5.41) is 0. The van der Waals surface area contributed by atoms with Crippen molar-refractivity contribution >= 4 is 12.3 Å². The van der Waals surface area contributed by atoms with Crippen LogP contribution in [0, 0.1) is 5.41 Å². The van der Waals surface area contributed by atoms with Gasteiger partial charge in [0.1, 0.15) is 12.9 Å². The van der Waals surface area contributed by atoms with Gasteiger partial charge < -0.3 is 9.53 Å². The average molecular weight is 212 g/mol. The SMILES string of the molecule is CCCC/C=C/[C@](C)(C=O)COC(C)=O. The summed E-state index contributed by atoms with van der Waals surface area (Å²) in [5.74, 6) is -0.356. The maximum absolute atomic E-state index is 10.9. The van der Waals surface area contributed by atoms with Gasteiger partial charge >= 0.3 is 5.97 Å². The molecule has 0 fully saturated rings. The van der Waals surface area contributed by atoms with E-state index in [-0.39, 0.29) is 12.6 Å². The lowest BCUT2D eigenvalue weighted by Gasteiger charge is -2.17. The van der Waals surface area contributed by atoms with Crippen molar-refractivity contribution < 1.29 is 14.3 Å². The molecule has 0 saturated heterocycles. The zero-order chi connectivity index (χ0) is 11.7. The molecular formula is C12H20O3. The number of ether oxygens (including phenoxy) is 1. The van der Waals surface area contributed by atoms with E-state index < -0.39 is 5.41 Å². The summed E-state index contributed by atoms with van der Waals surface area (Å²) in [6, 6.07) is 0. The van der Waals surface area contributed by atoms with Gasteiger partial charge in [-0.15, -0.1) is 0 Å². The minimum atomic E-state index is -0.681. The van der Waals surface area contributed by atoms with E-state index >= 15 is 0 Å². The molecule has 0 unspecified atom stereocenters. The van der Waals surface area contributed by atoms with E-state index in [1.54, 1.807) is 6.92 Å². The van der Waals surface area contributed by atoms with E-state index in [4.69, 9.17) is 4.74 Å². The standard InChI is InChI=1S/C12H20O3/c1-4-5-6-7-8-12(3,9-13)10-15-11(2)14/h7-9H,4-6,10H2,1-3H3/b8-7+/t12-/m1/s1. The predicted octanol–water partition coefficient (Wildman–Crippen LogP) is 2.50. The molecule has 0 aliphatic rings. The van der Waals surface area contributed by atoms with Gasteiger partial charge in [-0.05, 0) is 13.3 Å². The number of hydrogen-bond acceptors (Lipinski definition) is 3. The number of carbonyl (C=O) groups is 2. The van der Waals surface area contributed by atoms with E-state index in [2.05, 4.69) is 6.92 Å². The third-order valence-corrected chi connectivity index (χ3v) is 2.08. The summed E-state index contributed by atoms with van der Waals surface area (Å²) in [5.41, 5.74) is -0.681. The molecule has 15 heavy (non-hydrogen) atoms. The minimum absolute atomic E-state index is 0.120. The Morgan fingerprint density at radius 3 is 2.60 bits per heavy atom. The van der Waals surface area contributed by atoms with Crippen LogP contribution in [0.15, 0.2) is 12.2 Å². The maximum Gasteiger partial charge on any atom is 0.302 e. The predicted molar refractivity (Wildman–Crippen MR) is 59.5 cm³/mol. The highest BCUT2D eigenvalue weighted by molar-refractivity contribution is 5.67. The largest absolute Gasteiger partial charge is 0.464 e. The number of unbranched alkanes of at least 4 members (excludes halogenated alkanes) is 2. The van der Waals surface area contributed by atoms with Gasteiger partial charge in [0, 0.05) is 6.92 Å². The van der Waals surface area contributed by atoms with Gasteiger partial charge in [0.15, 0.2) is 0 Å². The van der Waals surface area contributed by atoms with Crippen LogP contribution in [-0.4, -0.2) is 18.9 Å². The van der Waals surface area contributed by atoms with Crippen LogP contribution in [0.4, 0.5) is 0 Å². The van der Waals surface area contributed by atoms with Crippen LogP contribution < -0.4 is 0 Å². The summed E-state index contributed by atoms with van der Waals surface area (Å²) in [6.07, 6.45) is 7.81. The van der Waals surface area contributed by atoms with Crippen molar-refractivity contribution in [3.05, 3.63) is 12.2 Å². The Morgan fingerprint density at radius 1 is 1.47 bits per heavy atom. The highest BCUT2D eigenvalue weighted by atomic mass is 16.5. The van der Waals surface area contributed by atoms with Crippen LogP contribution in [0.3, 0.4) is 0 Å². The highest BCUT2D eigenvalue weighted by Crippen LogP contribution is 2.16. The van der Waals surface area contributed by atoms with Gasteiger partial charge in [-0.3, -0.25) is 4.79 Å². The molecule has 0 spiro atoms. The maximum atomic E-state index is 10.9. The summed E-state index contributed by atoms with van der Waals surface area (Å²) in [6.45, 7) is 5.33. The van der Waals surface area contributed by atoms with Crippen molar-refractivity contribution in [2.45, 2.75) is 40.0 Å². The quantitative estimate of drug-likeness (QED) is 0.282. The molecular weight excluding hydrogens is 192 g/mol. The van der Waals surface area contributed by atoms with E-state index in [1.165, 1.54) is 6.92 Å². The first-order valence-corrected chi connectivity index (χ1v) is 5.31. The molecule has 0 rings (SSSR count). The van der Waals surface area contributed by atoms with Crippen molar-refractivity contribution in [3.8, 4) is 0 Å². The van der Waals surface area contributed by atoms with Gasteiger partial charge in [0.25, 0.3) is 0 Å². The lowest BCUT2D eigenvalue weighted by atomic mass is 9.93. The van der Waals surface area contributed by atoms with Crippen molar-refractivity contribution in [1.82, 2.24) is 0 Å². The Kier molecular flexibility index (Phi) is 6.67. The van der Waals surface area contributed by atoms with Gasteiger partial charge in [0.2, 0.25) is 0 Å². The number of allylic oxidation sites excluding steroid dienone is 1. The molecule has 0 amide bonds. The van der Waals surface area contributed by atoms with E-state index in [1.807, 2.05) is 12.2 Å². The molecule has 0 N–H and O–H groups in total. The second-order valence-electron chi connectivity index (χ2n) is 3.95. The van der Waals surface area contributed by atoms with E-state index in [9.17, 15) is 9.59 Å². The normalized spacial score (nSPS) is 14.9. The summed E-state index contributed by atoms with van der Waals surface area (Å²) in [7, 11) is 0. The zero-order valence-corrected chi connectivity index (χ0v) is 9.79. The van der Waals surface area contributed by atoms with Gasteiger partial charge in [-0.1, -0.05) is 31.9 Å². The molecule has 0 aromatic carbocycles. The van der Waals surface area contributed by atoms with Gasteiger partial charge in [-0.2, -0.15) is 0 Å². The summed E-state index contributed by atoms with van der Waals surface area (Å²) in [4.78, 5) is 21.5. The lowest BCUT2D eigenvalue weighted by Crippen LogP contribution is -2.23. The second-order valence-corrected chi connectivity index (χ2v) is 3.95. The molecule has 0 aromatic heterocycles. The summed E-state index contributed by atoms with van der Waals surface area (Å²) < 4.78 is 4.83. The zero-order valence-electron chi connectivity index (χ0n) is 9.79. The van der Waals surface area contributed by atoms with Crippen LogP contribution in [0.25, 0.3) is 0 Å². The first-order valence-electron chi connectivity index (χ1n) is 5.31. The fourth-order valence-electron chi connectivity index (χ4n) is 1.05. The van der Waals surface area contributed by atoms with Crippen LogP contribution in [0.1, 0.15) is 40.0 Å². The molecule has 0 radical (unpaired) electrons. The first-order chi connectivity index (χ1) is 7.04. The third kappa shape index (κ3) is 6.89. The molecule has 0 aromatic rings. The van der Waals surface area contributed by atoms with E-state index in [0.717, 1.165) is 25.5 Å². The topological polar surface area (TPSA) is 43.4 Å². The smallest absolute Gasteiger partial charge is 0.302 e. The van der Waals surface area contributed by atoms with Crippen molar-refractivity contribution in [1.29, 1.82) is 0 Å². The molecule has 0 bridgehead atoms. The molecule has 0 aliphatic heterocycles. The molecule has 0 aliphatic carbocycles. The molecule has 86 valence electrons. The number of carbonyl (C=O) groups excluding carboxylic acids is 2. The average Bonchev–Trinajstić information content (AvgIpc) is 2.22. The second kappa shape index (κ2) is 7.21. The van der Waals surface area contributed by atoms with Crippen molar-refractivity contribution in [2.75, 3.05) is 6.61 Å². The Hall–Kier alpha value is -1.12. The van der Waals surface area contributed by atoms with Gasteiger partial charge in [0.05, 0.1) is 5.41 Å². The molecule has 0 saturated carbocycles. The van der Waals surface area contributed by atoms with Crippen molar-refractivity contribution in [2.24, 2.45) is 5.41 Å². The van der Waals surface area contributed by atoms with Crippen molar-refractivity contribution in [3.63, 3.8) is 0 Å². The lowest BCUT2D eigenvalue weighted by molar-refractivity contribution is -0.144. The van der Waals surface area contributed by atoms with Crippen LogP contribution in [0.2, 0.25) is 0 Å². The minimum Gasteiger partial charge on any atom is -0.464 e. The van der Waals surface area contributed by atoms with Gasteiger partial charge in [-0.25, -0.2) is 0 Å². The number of aldehydes is 1. The van der Waals surface area contributed by atoms with Crippen LogP contribution >= 0.6 is 0 Å². The Morgan fingerprint density at radius 2 is 2.13 bits per heavy atom. The Balaban J connectivity index is 4.11. The number of hydrogen-bond donors (Lipinski definition) is 0. The molecule has 3 heteroatoms. The third-order valence-electron chi connectivity index (χ3n) is 2.08. The fourth-order valence-corrected chi connectivity index (χ4v) is 1.05. The highest BCUT2D eigenvalue weighted by Gasteiger charge is 2.21. The monoisotopic (exact) mass is 212 g/mol. The summed E-state index contributed by atoms with van der Waals surface area (Å²) >= 11 is 0. The van der Waals surface area contributed by atoms with Crippen LogP contribution in [0.5, 0.6) is 0 Å². The molecule has 0 heterocycles. The van der Waals surface area contributed by atoms with Crippen LogP contribution in [-0.2, 0) is 14.3 Å². The molecule has 1 atom stereocenters. The first kappa shape index (κ1) is 13.9. The number of esters is 1. The fraction of sp³-hybridized carbons (Fsp3) is 0.667. The van der Waals surface area contributed by atoms with E-state index in [0.29, 0.717) is 0 Å². The Bertz CT molecular complexity index is 233.